The third-order valence-corrected chi connectivity index (χ3v) is 1.55. The molecule has 0 fully saturated rings. The zero-order chi connectivity index (χ0) is 11.7. The maximum absolute atomic E-state index is 8.51. The Bertz CT molecular complexity index is 145. The third-order valence-electron chi connectivity index (χ3n) is 1.55. The van der Waals surface area contributed by atoms with Gasteiger partial charge in [0.1, 0.15) is 12.7 Å². The topological polar surface area (TPSA) is 126 Å². The minimum Gasteiger partial charge on any atom is -0.396 e. The summed E-state index contributed by atoms with van der Waals surface area (Å²) in [5.41, 5.74) is 0. The van der Waals surface area contributed by atoms with E-state index in [1.807, 2.05) is 0 Å². The van der Waals surface area contributed by atoms with Crippen LogP contribution in [0.25, 0.3) is 0 Å². The van der Waals surface area contributed by atoms with Gasteiger partial charge in [-0.05, 0) is 19.3 Å². The van der Waals surface area contributed by atoms with Crippen molar-refractivity contribution in [1.82, 2.24) is 10.8 Å². The summed E-state index contributed by atoms with van der Waals surface area (Å²) in [5.74, 6) is 0. The molecule has 0 bridgehead atoms. The zero-order valence-electron chi connectivity index (χ0n) is 8.06. The largest absolute Gasteiger partial charge is 0.396 e. The van der Waals surface area contributed by atoms with Gasteiger partial charge in [-0.2, -0.15) is 0 Å². The van der Waals surface area contributed by atoms with Crippen LogP contribution < -0.4 is 0 Å². The third kappa shape index (κ3) is 9.93. The van der Waals surface area contributed by atoms with Crippen molar-refractivity contribution in [2.75, 3.05) is 13.2 Å². The highest BCUT2D eigenvalue weighted by atomic mass is 17.1. The van der Waals surface area contributed by atoms with Crippen molar-refractivity contribution in [1.29, 1.82) is 0 Å². The summed E-state index contributed by atoms with van der Waals surface area (Å²) in [5, 5.41) is 40.7. The first-order chi connectivity index (χ1) is 7.06. The van der Waals surface area contributed by atoms with Gasteiger partial charge in [0.05, 0.1) is 10.8 Å². The summed E-state index contributed by atoms with van der Waals surface area (Å²) in [7, 11) is 0. The SMILES string of the molecule is OCCCC[C@@H](CON(O)O)ON(O)O. The molecule has 0 heterocycles. The molecule has 0 saturated carbocycles. The molecule has 0 aromatic rings. The monoisotopic (exact) mass is 228 g/mol. The number of nitrogens with zero attached hydrogens (tertiary/aromatic N) is 2. The van der Waals surface area contributed by atoms with Gasteiger partial charge in [-0.1, -0.05) is 0 Å². The Morgan fingerprint density at radius 1 is 1.00 bits per heavy atom. The predicted octanol–water partition coefficient (Wildman–Crippen LogP) is -0.458. The molecule has 92 valence electrons. The van der Waals surface area contributed by atoms with E-state index >= 15 is 0 Å². The van der Waals surface area contributed by atoms with E-state index in [0.717, 1.165) is 0 Å². The number of unbranched alkanes of at least 4 members (excludes halogenated alkanes) is 1. The van der Waals surface area contributed by atoms with E-state index in [9.17, 15) is 0 Å². The molecule has 5 N–H and O–H groups in total. The lowest BCUT2D eigenvalue weighted by molar-refractivity contribution is -0.527. The number of rotatable bonds is 9. The van der Waals surface area contributed by atoms with Gasteiger partial charge in [0, 0.05) is 6.61 Å². The second-order valence-corrected chi connectivity index (χ2v) is 2.75. The summed E-state index contributed by atoms with van der Waals surface area (Å²) in [6, 6.07) is 0. The van der Waals surface area contributed by atoms with Crippen molar-refractivity contribution in [3.05, 3.63) is 0 Å². The van der Waals surface area contributed by atoms with Crippen LogP contribution in [0.1, 0.15) is 19.3 Å². The molecular weight excluding hydrogens is 212 g/mol. The molecule has 1 atom stereocenters. The average Bonchev–Trinajstić information content (AvgIpc) is 2.13. The first kappa shape index (κ1) is 14.6. The van der Waals surface area contributed by atoms with Crippen LogP contribution in [0.15, 0.2) is 0 Å². The maximum atomic E-state index is 8.51. The van der Waals surface area contributed by atoms with Crippen LogP contribution in [-0.2, 0) is 9.68 Å². The normalized spacial score (nSPS) is 13.8. The molecule has 0 saturated heterocycles. The number of aliphatic hydroxyl groups excluding tert-OH is 1. The Morgan fingerprint density at radius 3 is 2.13 bits per heavy atom. The minimum atomic E-state index is -0.770. The second-order valence-electron chi connectivity index (χ2n) is 2.75. The molecule has 0 aromatic carbocycles. The minimum absolute atomic E-state index is 0.0155. The van der Waals surface area contributed by atoms with Crippen molar-refractivity contribution in [2.45, 2.75) is 25.4 Å². The van der Waals surface area contributed by atoms with Crippen molar-refractivity contribution >= 4 is 0 Å². The molecule has 15 heavy (non-hydrogen) atoms. The van der Waals surface area contributed by atoms with Gasteiger partial charge >= 0.3 is 0 Å². The number of hydrogen-bond donors (Lipinski definition) is 5. The highest BCUT2D eigenvalue weighted by Crippen LogP contribution is 2.06. The molecule has 0 radical (unpaired) electrons. The van der Waals surface area contributed by atoms with Crippen molar-refractivity contribution in [3.63, 3.8) is 0 Å². The van der Waals surface area contributed by atoms with Crippen molar-refractivity contribution in [3.8, 4) is 0 Å². The molecule has 0 aliphatic carbocycles. The first-order valence-electron chi connectivity index (χ1n) is 4.32. The molecule has 9 nitrogen and oxygen atoms in total. The lowest BCUT2D eigenvalue weighted by atomic mass is 10.2. The molecule has 0 aliphatic heterocycles. The van der Waals surface area contributed by atoms with Gasteiger partial charge in [0.2, 0.25) is 0 Å². The zero-order valence-corrected chi connectivity index (χ0v) is 8.06. The summed E-state index contributed by atoms with van der Waals surface area (Å²) < 4.78 is 0. The van der Waals surface area contributed by atoms with Crippen LogP contribution in [0.4, 0.5) is 0 Å². The highest BCUT2D eigenvalue weighted by Gasteiger charge is 2.14. The molecule has 0 rings (SSSR count). The fraction of sp³-hybridized carbons (Fsp3) is 1.00. The van der Waals surface area contributed by atoms with E-state index in [0.29, 0.717) is 19.3 Å². The Morgan fingerprint density at radius 2 is 1.67 bits per heavy atom. The van der Waals surface area contributed by atoms with Crippen LogP contribution in [0.2, 0.25) is 0 Å². The fourth-order valence-corrected chi connectivity index (χ4v) is 0.933. The Kier molecular flexibility index (Phi) is 8.70. The van der Waals surface area contributed by atoms with Gasteiger partial charge in [-0.3, -0.25) is 20.8 Å². The van der Waals surface area contributed by atoms with Crippen LogP contribution in [-0.4, -0.2) is 56.0 Å². The molecule has 0 aromatic heterocycles. The number of hydrogen-bond acceptors (Lipinski definition) is 9. The van der Waals surface area contributed by atoms with Crippen LogP contribution >= 0.6 is 0 Å². The van der Waals surface area contributed by atoms with Crippen molar-refractivity contribution < 1.29 is 35.6 Å². The smallest absolute Gasteiger partial charge is 0.110 e. The van der Waals surface area contributed by atoms with Gasteiger partial charge in [0.15, 0.2) is 0 Å². The van der Waals surface area contributed by atoms with Crippen LogP contribution in [0, 0.1) is 0 Å². The van der Waals surface area contributed by atoms with Gasteiger partial charge in [-0.25, -0.2) is 9.68 Å². The van der Waals surface area contributed by atoms with Gasteiger partial charge in [-0.15, -0.1) is 0 Å². The molecular formula is C6H16N2O7. The van der Waals surface area contributed by atoms with E-state index in [-0.39, 0.29) is 13.2 Å². The molecule has 0 unspecified atom stereocenters. The summed E-state index contributed by atoms with van der Waals surface area (Å²) >= 11 is 0. The molecule has 0 spiro atoms. The lowest BCUT2D eigenvalue weighted by Gasteiger charge is -2.18. The van der Waals surface area contributed by atoms with E-state index in [2.05, 4.69) is 9.68 Å². The summed E-state index contributed by atoms with van der Waals surface area (Å²) in [4.78, 5) is 8.68. The Hall–Kier alpha value is -0.360. The van der Waals surface area contributed by atoms with Crippen molar-refractivity contribution in [2.24, 2.45) is 0 Å². The second kappa shape index (κ2) is 8.91. The van der Waals surface area contributed by atoms with Crippen LogP contribution in [0.3, 0.4) is 0 Å². The lowest BCUT2D eigenvalue weighted by Crippen LogP contribution is -2.31. The van der Waals surface area contributed by atoms with Gasteiger partial charge in [0.25, 0.3) is 0 Å². The first-order valence-corrected chi connectivity index (χ1v) is 4.32. The highest BCUT2D eigenvalue weighted by molar-refractivity contribution is 4.54. The fourth-order valence-electron chi connectivity index (χ4n) is 0.933. The number of aliphatic hydroxyl groups is 1. The standard InChI is InChI=1S/C6H16N2O7/c9-4-2-1-3-6(15-8(12)13)5-14-7(10)11/h6,9-13H,1-5H2/t6-/m0/s1. The van der Waals surface area contributed by atoms with E-state index < -0.39 is 16.9 Å². The van der Waals surface area contributed by atoms with E-state index in [1.54, 1.807) is 0 Å². The maximum Gasteiger partial charge on any atom is 0.110 e. The molecule has 0 amide bonds. The summed E-state index contributed by atoms with van der Waals surface area (Å²) in [6.07, 6.45) is 0.674. The van der Waals surface area contributed by atoms with E-state index in [4.69, 9.17) is 25.9 Å². The Labute approximate surface area is 86.0 Å². The quantitative estimate of drug-likeness (QED) is 0.263. The predicted molar refractivity (Wildman–Crippen MR) is 42.6 cm³/mol. The van der Waals surface area contributed by atoms with E-state index in [1.165, 1.54) is 0 Å². The van der Waals surface area contributed by atoms with Crippen LogP contribution in [0.5, 0.6) is 0 Å². The average molecular weight is 228 g/mol. The Balaban J connectivity index is 3.73. The molecule has 0 aliphatic rings. The summed E-state index contributed by atoms with van der Waals surface area (Å²) in [6.45, 7) is -0.266. The molecule has 9 heteroatoms. The van der Waals surface area contributed by atoms with Gasteiger partial charge < -0.3 is 5.11 Å².